The summed E-state index contributed by atoms with van der Waals surface area (Å²) in [5, 5.41) is 10.3. The molecule has 0 aliphatic heterocycles. The van der Waals surface area contributed by atoms with Crippen molar-refractivity contribution in [3.63, 3.8) is 0 Å². The van der Waals surface area contributed by atoms with Crippen molar-refractivity contribution in [2.24, 2.45) is 5.41 Å². The van der Waals surface area contributed by atoms with E-state index in [1.54, 1.807) is 0 Å². The first-order chi connectivity index (χ1) is 11.1. The Kier molecular flexibility index (Phi) is 4.90. The van der Waals surface area contributed by atoms with Crippen LogP contribution in [0.25, 0.3) is 0 Å². The van der Waals surface area contributed by atoms with Crippen LogP contribution in [-0.4, -0.2) is 41.1 Å². The van der Waals surface area contributed by atoms with Crippen molar-refractivity contribution in [2.45, 2.75) is 64.6 Å². The van der Waals surface area contributed by atoms with Crippen LogP contribution in [0.5, 0.6) is 0 Å². The Bertz CT molecular complexity index is 538. The van der Waals surface area contributed by atoms with Crippen molar-refractivity contribution in [2.75, 3.05) is 13.2 Å². The quantitative estimate of drug-likeness (QED) is 0.757. The standard InChI is InChI=1S/C17H28N4O2/c1-3-23-15-10-14(17(15)6-4-7-17)20-16(22)18-8-5-9-21-12-13(2)11-19-21/h11-12,14-15H,3-10H2,1-2H3,(H2,18,20,22)/t14-,15-/m1/s1. The van der Waals surface area contributed by atoms with E-state index in [1.165, 1.54) is 19.3 Å². The molecular formula is C17H28N4O2. The lowest BCUT2D eigenvalue weighted by molar-refractivity contribution is -0.169. The van der Waals surface area contributed by atoms with Crippen molar-refractivity contribution in [1.29, 1.82) is 0 Å². The van der Waals surface area contributed by atoms with Gasteiger partial charge in [-0.15, -0.1) is 0 Å². The van der Waals surface area contributed by atoms with Crippen molar-refractivity contribution < 1.29 is 9.53 Å². The van der Waals surface area contributed by atoms with Crippen molar-refractivity contribution in [3.8, 4) is 0 Å². The summed E-state index contributed by atoms with van der Waals surface area (Å²) >= 11 is 0. The van der Waals surface area contributed by atoms with Gasteiger partial charge in [0.25, 0.3) is 0 Å². The van der Waals surface area contributed by atoms with E-state index < -0.39 is 0 Å². The first kappa shape index (κ1) is 16.3. The van der Waals surface area contributed by atoms with E-state index in [4.69, 9.17) is 4.74 Å². The van der Waals surface area contributed by atoms with E-state index >= 15 is 0 Å². The molecule has 1 spiro atoms. The fraction of sp³-hybridized carbons (Fsp3) is 0.765. The predicted molar refractivity (Wildman–Crippen MR) is 88.2 cm³/mol. The molecular weight excluding hydrogens is 292 g/mol. The van der Waals surface area contributed by atoms with Crippen LogP contribution >= 0.6 is 0 Å². The topological polar surface area (TPSA) is 68.2 Å². The van der Waals surface area contributed by atoms with Gasteiger partial charge in [-0.3, -0.25) is 4.68 Å². The molecule has 2 atom stereocenters. The molecule has 1 aromatic rings. The maximum Gasteiger partial charge on any atom is 0.315 e. The molecule has 0 saturated heterocycles. The van der Waals surface area contributed by atoms with Gasteiger partial charge in [0.2, 0.25) is 0 Å². The second-order valence-corrected chi connectivity index (χ2v) is 6.85. The molecule has 2 fully saturated rings. The number of ether oxygens (including phenoxy) is 1. The molecule has 2 N–H and O–H groups in total. The molecule has 0 unspecified atom stereocenters. The third kappa shape index (κ3) is 3.37. The Morgan fingerprint density at radius 1 is 1.52 bits per heavy atom. The molecule has 2 aliphatic carbocycles. The molecule has 3 rings (SSSR count). The smallest absolute Gasteiger partial charge is 0.315 e. The molecule has 0 radical (unpaired) electrons. The maximum atomic E-state index is 12.1. The molecule has 0 bridgehead atoms. The summed E-state index contributed by atoms with van der Waals surface area (Å²) in [7, 11) is 0. The Balaban J connectivity index is 1.35. The molecule has 23 heavy (non-hydrogen) atoms. The first-order valence-corrected chi connectivity index (χ1v) is 8.79. The molecule has 2 aliphatic rings. The van der Waals surface area contributed by atoms with Crippen LogP contribution in [0.15, 0.2) is 12.4 Å². The van der Waals surface area contributed by atoms with Crippen LogP contribution in [0.2, 0.25) is 0 Å². The molecule has 128 valence electrons. The number of carbonyl (C=O) groups excluding carboxylic acids is 1. The number of carbonyl (C=O) groups is 1. The number of hydrogen-bond donors (Lipinski definition) is 2. The summed E-state index contributed by atoms with van der Waals surface area (Å²) in [4.78, 5) is 12.1. The minimum Gasteiger partial charge on any atom is -0.378 e. The number of nitrogens with zero attached hydrogens (tertiary/aromatic N) is 2. The van der Waals surface area contributed by atoms with Gasteiger partial charge in [-0.05, 0) is 45.1 Å². The average Bonchev–Trinajstić information content (AvgIpc) is 2.86. The van der Waals surface area contributed by atoms with E-state index in [0.29, 0.717) is 12.6 Å². The van der Waals surface area contributed by atoms with E-state index in [0.717, 1.165) is 31.6 Å². The first-order valence-electron chi connectivity index (χ1n) is 8.79. The Hall–Kier alpha value is -1.56. The Labute approximate surface area is 138 Å². The zero-order valence-electron chi connectivity index (χ0n) is 14.2. The molecule has 1 heterocycles. The van der Waals surface area contributed by atoms with Gasteiger partial charge in [0.05, 0.1) is 12.3 Å². The minimum absolute atomic E-state index is 0.0483. The zero-order valence-corrected chi connectivity index (χ0v) is 14.2. The number of urea groups is 1. The number of hydrogen-bond acceptors (Lipinski definition) is 3. The fourth-order valence-corrected chi connectivity index (χ4v) is 3.88. The van der Waals surface area contributed by atoms with Crippen LogP contribution in [-0.2, 0) is 11.3 Å². The predicted octanol–water partition coefficient (Wildman–Crippen LogP) is 2.23. The summed E-state index contributed by atoms with van der Waals surface area (Å²) in [5.41, 5.74) is 1.38. The second kappa shape index (κ2) is 6.91. The van der Waals surface area contributed by atoms with Crippen LogP contribution in [0.3, 0.4) is 0 Å². The Morgan fingerprint density at radius 2 is 2.35 bits per heavy atom. The van der Waals surface area contributed by atoms with Gasteiger partial charge in [-0.2, -0.15) is 5.10 Å². The highest BCUT2D eigenvalue weighted by molar-refractivity contribution is 5.74. The highest BCUT2D eigenvalue weighted by Crippen LogP contribution is 2.57. The SMILES string of the molecule is CCO[C@@H]1C[C@@H](NC(=O)NCCCn2cc(C)cn2)C12CCC2. The number of rotatable bonds is 7. The zero-order chi connectivity index (χ0) is 16.3. The van der Waals surface area contributed by atoms with Gasteiger partial charge in [0.15, 0.2) is 0 Å². The largest absolute Gasteiger partial charge is 0.378 e. The van der Waals surface area contributed by atoms with Gasteiger partial charge in [-0.1, -0.05) is 6.42 Å². The summed E-state index contributed by atoms with van der Waals surface area (Å²) in [6, 6.07) is 0.231. The molecule has 0 aromatic carbocycles. The average molecular weight is 320 g/mol. The number of aromatic nitrogens is 2. The third-order valence-corrected chi connectivity index (χ3v) is 5.35. The minimum atomic E-state index is -0.0483. The highest BCUT2D eigenvalue weighted by atomic mass is 16.5. The van der Waals surface area contributed by atoms with E-state index in [9.17, 15) is 4.79 Å². The lowest BCUT2D eigenvalue weighted by Crippen LogP contribution is -2.68. The highest BCUT2D eigenvalue weighted by Gasteiger charge is 2.59. The van der Waals surface area contributed by atoms with Crippen molar-refractivity contribution >= 4 is 6.03 Å². The van der Waals surface area contributed by atoms with Gasteiger partial charge in [-0.25, -0.2) is 4.79 Å². The van der Waals surface area contributed by atoms with Gasteiger partial charge in [0, 0.05) is 37.4 Å². The lowest BCUT2D eigenvalue weighted by Gasteiger charge is -2.60. The van der Waals surface area contributed by atoms with Crippen LogP contribution in [0, 0.1) is 12.3 Å². The summed E-state index contributed by atoms with van der Waals surface area (Å²) in [6.07, 6.45) is 9.66. The lowest BCUT2D eigenvalue weighted by atomic mass is 9.51. The van der Waals surface area contributed by atoms with Crippen molar-refractivity contribution in [3.05, 3.63) is 18.0 Å². The summed E-state index contributed by atoms with van der Waals surface area (Å²) in [5.74, 6) is 0. The maximum absolute atomic E-state index is 12.1. The molecule has 6 nitrogen and oxygen atoms in total. The summed E-state index contributed by atoms with van der Waals surface area (Å²) in [6.45, 7) is 6.33. The van der Waals surface area contributed by atoms with E-state index in [2.05, 4.69) is 15.7 Å². The molecule has 2 saturated carbocycles. The van der Waals surface area contributed by atoms with Crippen LogP contribution < -0.4 is 10.6 Å². The molecule has 2 amide bonds. The normalized spacial score (nSPS) is 24.8. The van der Waals surface area contributed by atoms with Gasteiger partial charge >= 0.3 is 6.03 Å². The monoisotopic (exact) mass is 320 g/mol. The molecule has 6 heteroatoms. The van der Waals surface area contributed by atoms with E-state index in [1.807, 2.05) is 30.9 Å². The second-order valence-electron chi connectivity index (χ2n) is 6.85. The molecule has 1 aromatic heterocycles. The van der Waals surface area contributed by atoms with Gasteiger partial charge < -0.3 is 15.4 Å². The summed E-state index contributed by atoms with van der Waals surface area (Å²) < 4.78 is 7.73. The number of aryl methyl sites for hydroxylation is 2. The third-order valence-electron chi connectivity index (χ3n) is 5.35. The fourth-order valence-electron chi connectivity index (χ4n) is 3.88. The Morgan fingerprint density at radius 3 is 2.96 bits per heavy atom. The van der Waals surface area contributed by atoms with E-state index in [-0.39, 0.29) is 17.5 Å². The van der Waals surface area contributed by atoms with Gasteiger partial charge in [0.1, 0.15) is 0 Å². The van der Waals surface area contributed by atoms with Crippen LogP contribution in [0.1, 0.15) is 44.6 Å². The van der Waals surface area contributed by atoms with Crippen molar-refractivity contribution in [1.82, 2.24) is 20.4 Å². The number of nitrogens with one attached hydrogen (secondary N) is 2. The number of amides is 2. The van der Waals surface area contributed by atoms with Crippen LogP contribution in [0.4, 0.5) is 4.79 Å².